The summed E-state index contributed by atoms with van der Waals surface area (Å²) in [5.41, 5.74) is 0.390. The van der Waals surface area contributed by atoms with Gasteiger partial charge in [0.2, 0.25) is 0 Å². The highest BCUT2D eigenvalue weighted by atomic mass is 16.5. The molecule has 0 amide bonds. The van der Waals surface area contributed by atoms with Crippen LogP contribution in [0.15, 0.2) is 0 Å². The van der Waals surface area contributed by atoms with Gasteiger partial charge in [-0.2, -0.15) is 0 Å². The normalized spacial score (nSPS) is 22.6. The highest BCUT2D eigenvalue weighted by Crippen LogP contribution is 2.28. The van der Waals surface area contributed by atoms with Crippen LogP contribution in [-0.4, -0.2) is 37.5 Å². The second-order valence-electron chi connectivity index (χ2n) is 4.92. The molecule has 15 heavy (non-hydrogen) atoms. The van der Waals surface area contributed by atoms with E-state index in [-0.39, 0.29) is 6.61 Å². The molecule has 0 spiro atoms. The average molecular weight is 215 g/mol. The Kier molecular flexibility index (Phi) is 5.58. The summed E-state index contributed by atoms with van der Waals surface area (Å²) in [7, 11) is 0. The van der Waals surface area contributed by atoms with E-state index in [1.165, 1.54) is 0 Å². The minimum Gasteiger partial charge on any atom is -0.396 e. The maximum Gasteiger partial charge on any atom is 0.0471 e. The molecule has 3 nitrogen and oxygen atoms in total. The van der Waals surface area contributed by atoms with Crippen molar-refractivity contribution < 1.29 is 9.84 Å². The summed E-state index contributed by atoms with van der Waals surface area (Å²) in [6, 6.07) is 0.467. The van der Waals surface area contributed by atoms with E-state index in [4.69, 9.17) is 9.84 Å². The monoisotopic (exact) mass is 215 g/mol. The van der Waals surface area contributed by atoms with Gasteiger partial charge in [0.25, 0.3) is 0 Å². The van der Waals surface area contributed by atoms with Gasteiger partial charge in [-0.05, 0) is 31.1 Å². The Hall–Kier alpha value is -0.120. The predicted molar refractivity (Wildman–Crippen MR) is 61.9 cm³/mol. The van der Waals surface area contributed by atoms with Crippen LogP contribution < -0.4 is 5.32 Å². The lowest BCUT2D eigenvalue weighted by atomic mass is 9.82. The van der Waals surface area contributed by atoms with E-state index in [1.807, 2.05) is 0 Å². The molecule has 0 aromatic heterocycles. The Morgan fingerprint density at radius 1 is 1.40 bits per heavy atom. The lowest BCUT2D eigenvalue weighted by molar-refractivity contribution is 0.0224. The van der Waals surface area contributed by atoms with Gasteiger partial charge in [0, 0.05) is 32.4 Å². The van der Waals surface area contributed by atoms with Gasteiger partial charge in [0.15, 0.2) is 0 Å². The zero-order chi connectivity index (χ0) is 11.1. The molecule has 1 fully saturated rings. The Labute approximate surface area is 93.2 Å². The van der Waals surface area contributed by atoms with Crippen LogP contribution in [0.1, 0.15) is 39.5 Å². The van der Waals surface area contributed by atoms with Gasteiger partial charge in [-0.3, -0.25) is 0 Å². The summed E-state index contributed by atoms with van der Waals surface area (Å²) >= 11 is 0. The van der Waals surface area contributed by atoms with Crippen LogP contribution in [0.4, 0.5) is 0 Å². The number of hydrogen-bond acceptors (Lipinski definition) is 3. The van der Waals surface area contributed by atoms with Crippen LogP contribution in [0.5, 0.6) is 0 Å². The molecule has 0 aliphatic carbocycles. The molecule has 1 saturated heterocycles. The Morgan fingerprint density at radius 3 is 2.60 bits per heavy atom. The van der Waals surface area contributed by atoms with E-state index in [9.17, 15) is 0 Å². The third kappa shape index (κ3) is 4.49. The van der Waals surface area contributed by atoms with E-state index in [1.54, 1.807) is 0 Å². The zero-order valence-corrected chi connectivity index (χ0v) is 10.1. The fraction of sp³-hybridized carbons (Fsp3) is 1.00. The predicted octanol–water partition coefficient (Wildman–Crippen LogP) is 1.55. The maximum absolute atomic E-state index is 8.91. The van der Waals surface area contributed by atoms with Gasteiger partial charge >= 0.3 is 0 Å². The lowest BCUT2D eigenvalue weighted by Gasteiger charge is -2.35. The molecule has 3 heteroatoms. The molecule has 1 aliphatic heterocycles. The third-order valence-corrected chi connectivity index (χ3v) is 3.49. The van der Waals surface area contributed by atoms with E-state index < -0.39 is 0 Å². The number of aliphatic hydroxyl groups excluding tert-OH is 1. The molecule has 0 radical (unpaired) electrons. The van der Waals surface area contributed by atoms with Gasteiger partial charge in [0.05, 0.1) is 0 Å². The summed E-state index contributed by atoms with van der Waals surface area (Å²) in [5, 5.41) is 12.5. The summed E-state index contributed by atoms with van der Waals surface area (Å²) in [6.07, 6.45) is 4.25. The molecule has 1 heterocycles. The van der Waals surface area contributed by atoms with Crippen molar-refractivity contribution >= 4 is 0 Å². The number of aliphatic hydroxyl groups is 1. The fourth-order valence-corrected chi connectivity index (χ4v) is 2.04. The van der Waals surface area contributed by atoms with Crippen LogP contribution in [0.2, 0.25) is 0 Å². The molecule has 1 aliphatic rings. The first-order chi connectivity index (χ1) is 7.20. The molecule has 90 valence electrons. The molecule has 1 unspecified atom stereocenters. The second kappa shape index (κ2) is 6.46. The van der Waals surface area contributed by atoms with E-state index in [0.717, 1.165) is 45.4 Å². The summed E-state index contributed by atoms with van der Waals surface area (Å²) in [6.45, 7) is 7.62. The molecule has 1 rings (SSSR count). The van der Waals surface area contributed by atoms with Crippen molar-refractivity contribution in [2.75, 3.05) is 26.4 Å². The smallest absolute Gasteiger partial charge is 0.0471 e. The van der Waals surface area contributed by atoms with Gasteiger partial charge in [-0.15, -0.1) is 0 Å². The minimum atomic E-state index is 0.283. The standard InChI is InChI=1S/C12H25NO2/c1-3-11(4-7-14)13-10-12(2)5-8-15-9-6-12/h11,13-14H,3-10H2,1-2H3. The number of nitrogens with one attached hydrogen (secondary N) is 1. The largest absolute Gasteiger partial charge is 0.396 e. The second-order valence-corrected chi connectivity index (χ2v) is 4.92. The van der Waals surface area contributed by atoms with E-state index >= 15 is 0 Å². The van der Waals surface area contributed by atoms with Crippen LogP contribution >= 0.6 is 0 Å². The summed E-state index contributed by atoms with van der Waals surface area (Å²) in [4.78, 5) is 0. The molecular formula is C12H25NO2. The summed E-state index contributed by atoms with van der Waals surface area (Å²) in [5.74, 6) is 0. The lowest BCUT2D eigenvalue weighted by Crippen LogP contribution is -2.41. The average Bonchev–Trinajstić information content (AvgIpc) is 2.25. The fourth-order valence-electron chi connectivity index (χ4n) is 2.04. The topological polar surface area (TPSA) is 41.5 Å². The molecule has 1 atom stereocenters. The molecular weight excluding hydrogens is 190 g/mol. The van der Waals surface area contributed by atoms with Crippen molar-refractivity contribution in [3.8, 4) is 0 Å². The van der Waals surface area contributed by atoms with Crippen LogP contribution in [-0.2, 0) is 4.74 Å². The molecule has 2 N–H and O–H groups in total. The molecule has 0 saturated carbocycles. The van der Waals surface area contributed by atoms with Gasteiger partial charge in [-0.25, -0.2) is 0 Å². The van der Waals surface area contributed by atoms with Crippen LogP contribution in [0, 0.1) is 5.41 Å². The van der Waals surface area contributed by atoms with Crippen molar-refractivity contribution in [2.45, 2.75) is 45.6 Å². The van der Waals surface area contributed by atoms with Crippen molar-refractivity contribution in [3.63, 3.8) is 0 Å². The first-order valence-corrected chi connectivity index (χ1v) is 6.12. The number of rotatable bonds is 6. The Bertz CT molecular complexity index is 167. The number of ether oxygens (including phenoxy) is 1. The molecule has 0 aromatic rings. The molecule has 0 bridgehead atoms. The SMILES string of the molecule is CCC(CCO)NCC1(C)CCOCC1. The number of hydrogen-bond donors (Lipinski definition) is 2. The minimum absolute atomic E-state index is 0.283. The zero-order valence-electron chi connectivity index (χ0n) is 10.1. The van der Waals surface area contributed by atoms with Crippen LogP contribution in [0.25, 0.3) is 0 Å². The third-order valence-electron chi connectivity index (χ3n) is 3.49. The van der Waals surface area contributed by atoms with E-state index in [0.29, 0.717) is 11.5 Å². The van der Waals surface area contributed by atoms with Gasteiger partial charge < -0.3 is 15.2 Å². The van der Waals surface area contributed by atoms with Crippen molar-refractivity contribution in [1.29, 1.82) is 0 Å². The van der Waals surface area contributed by atoms with E-state index in [2.05, 4.69) is 19.2 Å². The summed E-state index contributed by atoms with van der Waals surface area (Å²) < 4.78 is 5.38. The quantitative estimate of drug-likeness (QED) is 0.706. The van der Waals surface area contributed by atoms with Gasteiger partial charge in [-0.1, -0.05) is 13.8 Å². The maximum atomic E-state index is 8.91. The first kappa shape index (κ1) is 12.9. The first-order valence-electron chi connectivity index (χ1n) is 6.12. The van der Waals surface area contributed by atoms with Gasteiger partial charge in [0.1, 0.15) is 0 Å². The van der Waals surface area contributed by atoms with Crippen molar-refractivity contribution in [3.05, 3.63) is 0 Å². The Morgan fingerprint density at radius 2 is 2.07 bits per heavy atom. The van der Waals surface area contributed by atoms with Crippen molar-refractivity contribution in [2.24, 2.45) is 5.41 Å². The highest BCUT2D eigenvalue weighted by molar-refractivity contribution is 4.81. The van der Waals surface area contributed by atoms with Crippen molar-refractivity contribution in [1.82, 2.24) is 5.32 Å². The Balaban J connectivity index is 2.26. The highest BCUT2D eigenvalue weighted by Gasteiger charge is 2.27. The van der Waals surface area contributed by atoms with Crippen LogP contribution in [0.3, 0.4) is 0 Å². The molecule has 0 aromatic carbocycles.